The molecule has 1 aromatic carbocycles. The van der Waals surface area contributed by atoms with Crippen LogP contribution in [0.25, 0.3) is 0 Å². The minimum atomic E-state index is -0.877. The number of rotatable bonds is 4. The second-order valence-corrected chi connectivity index (χ2v) is 5.25. The van der Waals surface area contributed by atoms with Crippen LogP contribution in [0.2, 0.25) is 0 Å². The maximum Gasteiger partial charge on any atom is 0.359 e. The minimum absolute atomic E-state index is 0.0883. The molecule has 0 N–H and O–H groups in total. The number of hydrogen-bond acceptors (Lipinski definition) is 5. The Morgan fingerprint density at radius 1 is 1.05 bits per heavy atom. The predicted molar refractivity (Wildman–Crippen MR) is 81.9 cm³/mol. The second-order valence-electron chi connectivity index (χ2n) is 5.25. The number of ketones is 1. The Morgan fingerprint density at radius 2 is 1.77 bits per heavy atom. The van der Waals surface area contributed by atoms with Gasteiger partial charge in [-0.3, -0.25) is 9.78 Å². The first kappa shape index (κ1) is 15.8. The van der Waals surface area contributed by atoms with E-state index in [1.807, 2.05) is 19.9 Å². The zero-order chi connectivity index (χ0) is 16.3. The maximum absolute atomic E-state index is 12.3. The van der Waals surface area contributed by atoms with E-state index >= 15 is 0 Å². The number of aromatic nitrogens is 2. The molecule has 0 amide bonds. The third kappa shape index (κ3) is 3.55. The third-order valence-electron chi connectivity index (χ3n) is 3.43. The third-order valence-corrected chi connectivity index (χ3v) is 3.43. The van der Waals surface area contributed by atoms with Crippen LogP contribution in [0.4, 0.5) is 0 Å². The van der Waals surface area contributed by atoms with Gasteiger partial charge in [0.1, 0.15) is 0 Å². The number of ether oxygens (including phenoxy) is 1. The Balaban J connectivity index is 2.09. The molecule has 0 aliphatic rings. The lowest BCUT2D eigenvalue weighted by Crippen LogP contribution is -2.25. The van der Waals surface area contributed by atoms with E-state index in [9.17, 15) is 9.59 Å². The van der Waals surface area contributed by atoms with Crippen LogP contribution in [0.15, 0.2) is 30.6 Å². The summed E-state index contributed by atoms with van der Waals surface area (Å²) in [6.45, 7) is 7.23. The molecule has 2 rings (SSSR count). The van der Waals surface area contributed by atoms with Gasteiger partial charge in [0.2, 0.25) is 5.78 Å². The van der Waals surface area contributed by atoms with E-state index in [0.29, 0.717) is 11.3 Å². The summed E-state index contributed by atoms with van der Waals surface area (Å²) >= 11 is 0. The second kappa shape index (κ2) is 6.47. The van der Waals surface area contributed by atoms with Crippen molar-refractivity contribution in [2.75, 3.05) is 0 Å². The number of carbonyl (C=O) groups is 2. The molecule has 22 heavy (non-hydrogen) atoms. The van der Waals surface area contributed by atoms with Crippen LogP contribution in [0.1, 0.15) is 44.6 Å². The summed E-state index contributed by atoms with van der Waals surface area (Å²) in [7, 11) is 0. The predicted octanol–water partition coefficient (Wildman–Crippen LogP) is 2.83. The Labute approximate surface area is 129 Å². The van der Waals surface area contributed by atoms with E-state index in [1.165, 1.54) is 12.4 Å². The average molecular weight is 298 g/mol. The van der Waals surface area contributed by atoms with Gasteiger partial charge in [0, 0.05) is 11.8 Å². The van der Waals surface area contributed by atoms with Crippen molar-refractivity contribution in [1.29, 1.82) is 0 Å². The fraction of sp³-hybridized carbons (Fsp3) is 0.294. The molecule has 0 fully saturated rings. The van der Waals surface area contributed by atoms with Gasteiger partial charge in [-0.15, -0.1) is 0 Å². The number of esters is 1. The molecule has 2 aromatic rings. The van der Waals surface area contributed by atoms with Crippen LogP contribution in [0, 0.1) is 20.8 Å². The summed E-state index contributed by atoms with van der Waals surface area (Å²) in [4.78, 5) is 32.2. The van der Waals surface area contributed by atoms with Gasteiger partial charge in [-0.2, -0.15) is 0 Å². The summed E-state index contributed by atoms with van der Waals surface area (Å²) < 4.78 is 5.17. The van der Waals surface area contributed by atoms with Gasteiger partial charge in [0.15, 0.2) is 11.8 Å². The molecule has 0 unspecified atom stereocenters. The minimum Gasteiger partial charge on any atom is -0.449 e. The van der Waals surface area contributed by atoms with E-state index in [0.717, 1.165) is 11.1 Å². The van der Waals surface area contributed by atoms with Crippen molar-refractivity contribution >= 4 is 11.8 Å². The van der Waals surface area contributed by atoms with E-state index < -0.39 is 12.1 Å². The van der Waals surface area contributed by atoms with Crippen molar-refractivity contribution in [2.45, 2.75) is 33.8 Å². The normalized spacial score (nSPS) is 11.8. The highest BCUT2D eigenvalue weighted by molar-refractivity contribution is 6.01. The van der Waals surface area contributed by atoms with Gasteiger partial charge in [-0.1, -0.05) is 12.1 Å². The van der Waals surface area contributed by atoms with Crippen molar-refractivity contribution in [3.8, 4) is 0 Å². The highest BCUT2D eigenvalue weighted by Crippen LogP contribution is 2.13. The number of hydrogen-bond donors (Lipinski definition) is 0. The molecule has 5 nitrogen and oxygen atoms in total. The first-order valence-corrected chi connectivity index (χ1v) is 6.99. The molecular weight excluding hydrogens is 280 g/mol. The van der Waals surface area contributed by atoms with Gasteiger partial charge in [0.05, 0.1) is 11.9 Å². The molecule has 0 saturated carbocycles. The van der Waals surface area contributed by atoms with Gasteiger partial charge in [-0.25, -0.2) is 9.78 Å². The van der Waals surface area contributed by atoms with Gasteiger partial charge in [0.25, 0.3) is 0 Å². The Kier molecular flexibility index (Phi) is 4.65. The molecule has 5 heteroatoms. The van der Waals surface area contributed by atoms with Gasteiger partial charge in [-0.05, 0) is 44.9 Å². The van der Waals surface area contributed by atoms with E-state index in [-0.39, 0.29) is 11.5 Å². The number of aryl methyl sites for hydroxylation is 3. The van der Waals surface area contributed by atoms with Crippen LogP contribution in [-0.4, -0.2) is 27.8 Å². The van der Waals surface area contributed by atoms with Crippen molar-refractivity contribution in [2.24, 2.45) is 0 Å². The average Bonchev–Trinajstić information content (AvgIpc) is 2.49. The molecule has 1 aromatic heterocycles. The van der Waals surface area contributed by atoms with E-state index in [2.05, 4.69) is 9.97 Å². The van der Waals surface area contributed by atoms with Crippen molar-refractivity contribution in [3.05, 3.63) is 58.7 Å². The molecule has 114 valence electrons. The van der Waals surface area contributed by atoms with Gasteiger partial charge >= 0.3 is 5.97 Å². The van der Waals surface area contributed by atoms with Crippen LogP contribution in [-0.2, 0) is 4.74 Å². The first-order valence-electron chi connectivity index (χ1n) is 6.99. The Bertz CT molecular complexity index is 708. The quantitative estimate of drug-likeness (QED) is 0.641. The maximum atomic E-state index is 12.3. The molecule has 1 heterocycles. The van der Waals surface area contributed by atoms with Crippen molar-refractivity contribution in [3.63, 3.8) is 0 Å². The number of benzene rings is 1. The van der Waals surface area contributed by atoms with Crippen LogP contribution < -0.4 is 0 Å². The summed E-state index contributed by atoms with van der Waals surface area (Å²) in [6, 6.07) is 5.41. The molecule has 0 saturated heterocycles. The number of carbonyl (C=O) groups excluding carboxylic acids is 2. The zero-order valence-corrected chi connectivity index (χ0v) is 13.1. The smallest absolute Gasteiger partial charge is 0.359 e. The molecule has 0 aliphatic heterocycles. The highest BCUT2D eigenvalue weighted by Gasteiger charge is 2.21. The van der Waals surface area contributed by atoms with E-state index in [4.69, 9.17) is 4.74 Å². The first-order chi connectivity index (χ1) is 10.4. The summed E-state index contributed by atoms with van der Waals surface area (Å²) in [5.74, 6) is -0.895. The lowest BCUT2D eigenvalue weighted by atomic mass is 10.0. The number of nitrogens with zero attached hydrogens (tertiary/aromatic N) is 2. The zero-order valence-electron chi connectivity index (χ0n) is 13.1. The molecule has 0 spiro atoms. The van der Waals surface area contributed by atoms with Crippen LogP contribution in [0.3, 0.4) is 0 Å². The SMILES string of the molecule is Cc1cnc(C(=O)O[C@H](C)C(=O)c2ccc(C)c(C)c2)cn1. The van der Waals surface area contributed by atoms with Crippen LogP contribution in [0.5, 0.6) is 0 Å². The summed E-state index contributed by atoms with van der Waals surface area (Å²) in [5.41, 5.74) is 3.45. The standard InChI is InChI=1S/C17H18N2O3/c1-10-5-6-14(7-11(10)2)16(20)13(4)22-17(21)15-9-18-12(3)8-19-15/h5-9,13H,1-4H3/t13-/m1/s1. The molecule has 0 bridgehead atoms. The van der Waals surface area contributed by atoms with Crippen LogP contribution >= 0.6 is 0 Å². The van der Waals surface area contributed by atoms with Crippen molar-refractivity contribution < 1.29 is 14.3 Å². The molecule has 0 radical (unpaired) electrons. The Morgan fingerprint density at radius 3 is 2.36 bits per heavy atom. The topological polar surface area (TPSA) is 69.2 Å². The molecule has 0 aliphatic carbocycles. The van der Waals surface area contributed by atoms with Gasteiger partial charge < -0.3 is 4.74 Å². The van der Waals surface area contributed by atoms with Crippen molar-refractivity contribution in [1.82, 2.24) is 9.97 Å². The fourth-order valence-electron chi connectivity index (χ4n) is 1.90. The molecule has 1 atom stereocenters. The lowest BCUT2D eigenvalue weighted by molar-refractivity contribution is 0.0312. The highest BCUT2D eigenvalue weighted by atomic mass is 16.5. The fourth-order valence-corrected chi connectivity index (χ4v) is 1.90. The largest absolute Gasteiger partial charge is 0.449 e. The summed E-state index contributed by atoms with van der Waals surface area (Å²) in [5, 5.41) is 0. The monoisotopic (exact) mass is 298 g/mol. The summed E-state index contributed by atoms with van der Waals surface area (Å²) in [6.07, 6.45) is 1.94. The number of Topliss-reactive ketones (excluding diaryl/α,β-unsaturated/α-hetero) is 1. The lowest BCUT2D eigenvalue weighted by Gasteiger charge is -2.12. The van der Waals surface area contributed by atoms with E-state index in [1.54, 1.807) is 26.0 Å². The Hall–Kier alpha value is -2.56. The molecular formula is C17H18N2O3.